The number of halogens is 2. The van der Waals surface area contributed by atoms with Gasteiger partial charge in [0.15, 0.2) is 11.6 Å². The summed E-state index contributed by atoms with van der Waals surface area (Å²) in [5, 5.41) is 6.14. The van der Waals surface area contributed by atoms with Crippen LogP contribution in [0.2, 0.25) is 5.02 Å². The number of amides is 1. The molecule has 1 heterocycles. The summed E-state index contributed by atoms with van der Waals surface area (Å²) >= 11 is 5.76. The first-order valence-electron chi connectivity index (χ1n) is 6.88. The highest BCUT2D eigenvalue weighted by molar-refractivity contribution is 6.30. The summed E-state index contributed by atoms with van der Waals surface area (Å²) in [5.41, 5.74) is 0.883. The third-order valence-corrected chi connectivity index (χ3v) is 3.26. The second-order valence-corrected chi connectivity index (χ2v) is 4.96. The van der Waals surface area contributed by atoms with Crippen LogP contribution in [0.4, 0.5) is 10.2 Å². The normalized spacial score (nSPS) is 10.3. The van der Waals surface area contributed by atoms with Gasteiger partial charge in [-0.2, -0.15) is 0 Å². The maximum atomic E-state index is 13.9. The number of carbonyl (C=O) groups excluding carboxylic acids is 1. The van der Waals surface area contributed by atoms with Crippen LogP contribution in [-0.2, 0) is 6.42 Å². The number of rotatable bonds is 6. The van der Waals surface area contributed by atoms with Gasteiger partial charge in [-0.3, -0.25) is 4.79 Å². The van der Waals surface area contributed by atoms with Gasteiger partial charge in [-0.25, -0.2) is 14.4 Å². The molecule has 1 aromatic heterocycles. The van der Waals surface area contributed by atoms with Gasteiger partial charge in [-0.15, -0.1) is 0 Å². The minimum Gasteiger partial charge on any atom is -0.366 e. The SMILES string of the molecule is CCc1ncnc(NCCNC(=O)c2ccc(Cl)cc2)c1F. The van der Waals surface area contributed by atoms with Crippen LogP contribution in [0.1, 0.15) is 23.0 Å². The molecule has 1 amide bonds. The van der Waals surface area contributed by atoms with E-state index in [-0.39, 0.29) is 11.7 Å². The Morgan fingerprint density at radius 1 is 1.23 bits per heavy atom. The van der Waals surface area contributed by atoms with Crippen molar-refractivity contribution < 1.29 is 9.18 Å². The van der Waals surface area contributed by atoms with E-state index in [0.29, 0.717) is 35.8 Å². The van der Waals surface area contributed by atoms with Gasteiger partial charge in [0.2, 0.25) is 0 Å². The fraction of sp³-hybridized carbons (Fsp3) is 0.267. The van der Waals surface area contributed by atoms with Gasteiger partial charge >= 0.3 is 0 Å². The minimum atomic E-state index is -0.450. The molecule has 5 nitrogen and oxygen atoms in total. The summed E-state index contributed by atoms with van der Waals surface area (Å²) in [7, 11) is 0. The Bertz CT molecular complexity index is 648. The Morgan fingerprint density at radius 2 is 1.95 bits per heavy atom. The van der Waals surface area contributed by atoms with Gasteiger partial charge in [0.1, 0.15) is 6.33 Å². The van der Waals surface area contributed by atoms with Crippen molar-refractivity contribution in [2.75, 3.05) is 18.4 Å². The number of aromatic nitrogens is 2. The van der Waals surface area contributed by atoms with Gasteiger partial charge in [-0.05, 0) is 30.7 Å². The van der Waals surface area contributed by atoms with Gasteiger partial charge in [0, 0.05) is 23.7 Å². The fourth-order valence-corrected chi connectivity index (χ4v) is 1.96. The van der Waals surface area contributed by atoms with Crippen molar-refractivity contribution in [3.8, 4) is 0 Å². The van der Waals surface area contributed by atoms with Crippen molar-refractivity contribution in [2.45, 2.75) is 13.3 Å². The molecule has 2 aromatic rings. The average molecular weight is 323 g/mol. The molecule has 0 atom stereocenters. The van der Waals surface area contributed by atoms with Gasteiger partial charge < -0.3 is 10.6 Å². The van der Waals surface area contributed by atoms with Crippen molar-refractivity contribution in [1.82, 2.24) is 15.3 Å². The third kappa shape index (κ3) is 4.14. The highest BCUT2D eigenvalue weighted by atomic mass is 35.5. The zero-order valence-corrected chi connectivity index (χ0v) is 12.8. The lowest BCUT2D eigenvalue weighted by molar-refractivity contribution is 0.0955. The van der Waals surface area contributed by atoms with E-state index in [9.17, 15) is 9.18 Å². The second-order valence-electron chi connectivity index (χ2n) is 4.53. The number of nitrogens with zero attached hydrogens (tertiary/aromatic N) is 2. The average Bonchev–Trinajstić information content (AvgIpc) is 2.53. The van der Waals surface area contributed by atoms with E-state index in [4.69, 9.17) is 11.6 Å². The Morgan fingerprint density at radius 3 is 2.64 bits per heavy atom. The molecule has 0 aliphatic rings. The first-order valence-corrected chi connectivity index (χ1v) is 7.26. The largest absolute Gasteiger partial charge is 0.366 e. The molecule has 0 aliphatic carbocycles. The molecule has 22 heavy (non-hydrogen) atoms. The molecule has 1 aromatic carbocycles. The van der Waals surface area contributed by atoms with E-state index in [1.165, 1.54) is 6.33 Å². The van der Waals surface area contributed by atoms with Crippen molar-refractivity contribution >= 4 is 23.3 Å². The first kappa shape index (κ1) is 16.2. The molecular weight excluding hydrogens is 307 g/mol. The lowest BCUT2D eigenvalue weighted by Crippen LogP contribution is -2.29. The number of anilines is 1. The van der Waals surface area contributed by atoms with Crippen LogP contribution in [0.15, 0.2) is 30.6 Å². The fourth-order valence-electron chi connectivity index (χ4n) is 1.84. The zero-order valence-electron chi connectivity index (χ0n) is 12.1. The molecule has 0 unspecified atom stereocenters. The molecule has 0 radical (unpaired) electrons. The van der Waals surface area contributed by atoms with Crippen LogP contribution in [-0.4, -0.2) is 29.0 Å². The Kier molecular flexibility index (Phi) is 5.66. The van der Waals surface area contributed by atoms with E-state index in [2.05, 4.69) is 20.6 Å². The van der Waals surface area contributed by atoms with Crippen LogP contribution in [0.25, 0.3) is 0 Å². The topological polar surface area (TPSA) is 66.9 Å². The maximum absolute atomic E-state index is 13.9. The van der Waals surface area contributed by atoms with E-state index in [1.54, 1.807) is 24.3 Å². The standard InChI is InChI=1S/C15H16ClFN4O/c1-2-12-13(17)14(21-9-20-12)18-7-8-19-15(22)10-3-5-11(16)6-4-10/h3-6,9H,2,7-8H2,1H3,(H,19,22)(H,18,20,21). The summed E-state index contributed by atoms with van der Waals surface area (Å²) < 4.78 is 13.9. The Labute approximate surface area is 132 Å². The summed E-state index contributed by atoms with van der Waals surface area (Å²) in [5.74, 6) is -0.516. The zero-order chi connectivity index (χ0) is 15.9. The predicted octanol–water partition coefficient (Wildman–Crippen LogP) is 2.67. The third-order valence-electron chi connectivity index (χ3n) is 3.01. The Balaban J connectivity index is 1.82. The second kappa shape index (κ2) is 7.70. The molecule has 7 heteroatoms. The number of hydrogen-bond acceptors (Lipinski definition) is 4. The van der Waals surface area contributed by atoms with E-state index in [0.717, 1.165) is 0 Å². The summed E-state index contributed by atoms with van der Waals surface area (Å²) in [6.07, 6.45) is 1.81. The highest BCUT2D eigenvalue weighted by Crippen LogP contribution is 2.12. The van der Waals surface area contributed by atoms with E-state index < -0.39 is 5.82 Å². The molecule has 0 saturated heterocycles. The van der Waals surface area contributed by atoms with Crippen LogP contribution in [0.3, 0.4) is 0 Å². The van der Waals surface area contributed by atoms with Crippen LogP contribution >= 0.6 is 11.6 Å². The summed E-state index contributed by atoms with van der Waals surface area (Å²) in [4.78, 5) is 19.6. The predicted molar refractivity (Wildman–Crippen MR) is 83.6 cm³/mol. The molecule has 2 N–H and O–H groups in total. The monoisotopic (exact) mass is 322 g/mol. The first-order chi connectivity index (χ1) is 10.6. The smallest absolute Gasteiger partial charge is 0.251 e. The number of aryl methyl sites for hydroxylation is 1. The van der Waals surface area contributed by atoms with Crippen molar-refractivity contribution in [2.24, 2.45) is 0 Å². The van der Waals surface area contributed by atoms with Gasteiger partial charge in [0.05, 0.1) is 5.69 Å². The minimum absolute atomic E-state index is 0.146. The van der Waals surface area contributed by atoms with E-state index in [1.807, 2.05) is 6.92 Å². The molecule has 116 valence electrons. The molecule has 0 saturated carbocycles. The van der Waals surface area contributed by atoms with Crippen LogP contribution in [0, 0.1) is 5.82 Å². The number of nitrogens with one attached hydrogen (secondary N) is 2. The van der Waals surface area contributed by atoms with Gasteiger partial charge in [0.25, 0.3) is 5.91 Å². The quantitative estimate of drug-likeness (QED) is 0.802. The molecular formula is C15H16ClFN4O. The van der Waals surface area contributed by atoms with Crippen LogP contribution in [0.5, 0.6) is 0 Å². The lowest BCUT2D eigenvalue weighted by atomic mass is 10.2. The molecule has 0 aliphatic heterocycles. The molecule has 0 bridgehead atoms. The van der Waals surface area contributed by atoms with E-state index >= 15 is 0 Å². The number of hydrogen-bond donors (Lipinski definition) is 2. The van der Waals surface area contributed by atoms with Gasteiger partial charge in [-0.1, -0.05) is 18.5 Å². The lowest BCUT2D eigenvalue weighted by Gasteiger charge is -2.09. The van der Waals surface area contributed by atoms with Crippen LogP contribution < -0.4 is 10.6 Å². The van der Waals surface area contributed by atoms with Crippen molar-refractivity contribution in [1.29, 1.82) is 0 Å². The highest BCUT2D eigenvalue weighted by Gasteiger charge is 2.09. The van der Waals surface area contributed by atoms with Crippen molar-refractivity contribution in [3.63, 3.8) is 0 Å². The maximum Gasteiger partial charge on any atom is 0.251 e. The molecule has 0 fully saturated rings. The summed E-state index contributed by atoms with van der Waals surface area (Å²) in [6, 6.07) is 6.58. The number of carbonyl (C=O) groups is 1. The summed E-state index contributed by atoms with van der Waals surface area (Å²) in [6.45, 7) is 2.52. The van der Waals surface area contributed by atoms with Crippen molar-refractivity contribution in [3.05, 3.63) is 52.7 Å². The number of benzene rings is 1. The Hall–Kier alpha value is -2.21. The molecule has 2 rings (SSSR count). The molecule has 0 spiro atoms.